The molecule has 2 aromatic rings. The van der Waals surface area contributed by atoms with E-state index in [9.17, 15) is 8.42 Å². The van der Waals surface area contributed by atoms with Crippen molar-refractivity contribution >= 4 is 10.0 Å². The molecule has 1 aromatic carbocycles. The third kappa shape index (κ3) is 2.86. The lowest BCUT2D eigenvalue weighted by atomic mass is 9.92. The van der Waals surface area contributed by atoms with Gasteiger partial charge in [-0.2, -0.15) is 4.31 Å². The van der Waals surface area contributed by atoms with Gasteiger partial charge in [-0.1, -0.05) is 11.3 Å². The van der Waals surface area contributed by atoms with Gasteiger partial charge in [0.05, 0.1) is 17.1 Å². The minimum atomic E-state index is -3.40. The fourth-order valence-corrected chi connectivity index (χ4v) is 5.30. The highest BCUT2D eigenvalue weighted by Gasteiger charge is 2.30. The molecule has 2 aliphatic rings. The van der Waals surface area contributed by atoms with Gasteiger partial charge in [-0.25, -0.2) is 13.1 Å². The highest BCUT2D eigenvalue weighted by Crippen LogP contribution is 2.29. The number of aryl methyl sites for hydroxylation is 2. The molecular formula is C17H22N4O2S. The van der Waals surface area contributed by atoms with Gasteiger partial charge in [0.25, 0.3) is 0 Å². The lowest BCUT2D eigenvalue weighted by molar-refractivity contribution is 0.258. The SMILES string of the molecule is O=S(=O)(c1ccc2c(c1)CCCC2)N1CCC(n2ccnn2)CC1. The smallest absolute Gasteiger partial charge is 0.243 e. The van der Waals surface area contributed by atoms with Crippen molar-refractivity contribution in [2.45, 2.75) is 49.5 Å². The molecule has 0 radical (unpaired) electrons. The minimum absolute atomic E-state index is 0.238. The quantitative estimate of drug-likeness (QED) is 0.854. The first-order chi connectivity index (χ1) is 11.6. The number of benzene rings is 1. The van der Waals surface area contributed by atoms with Gasteiger partial charge in [0, 0.05) is 19.3 Å². The van der Waals surface area contributed by atoms with Crippen LogP contribution in [0.15, 0.2) is 35.5 Å². The Morgan fingerprint density at radius 1 is 1.04 bits per heavy atom. The van der Waals surface area contributed by atoms with E-state index in [0.29, 0.717) is 18.0 Å². The predicted molar refractivity (Wildman–Crippen MR) is 90.1 cm³/mol. The fraction of sp³-hybridized carbons (Fsp3) is 0.529. The minimum Gasteiger partial charge on any atom is -0.249 e. The molecule has 0 N–H and O–H groups in total. The molecule has 1 aliphatic carbocycles. The summed E-state index contributed by atoms with van der Waals surface area (Å²) in [7, 11) is -3.40. The van der Waals surface area contributed by atoms with Gasteiger partial charge in [-0.05, 0) is 61.8 Å². The molecule has 0 spiro atoms. The number of hydrogen-bond acceptors (Lipinski definition) is 4. The van der Waals surface area contributed by atoms with Crippen LogP contribution in [0.1, 0.15) is 42.9 Å². The molecule has 1 aromatic heterocycles. The van der Waals surface area contributed by atoms with Gasteiger partial charge < -0.3 is 0 Å². The van der Waals surface area contributed by atoms with Gasteiger partial charge in [0.15, 0.2) is 0 Å². The molecule has 1 fully saturated rings. The van der Waals surface area contributed by atoms with Crippen molar-refractivity contribution < 1.29 is 8.42 Å². The second kappa shape index (κ2) is 6.29. The molecule has 1 saturated heterocycles. The topological polar surface area (TPSA) is 68.1 Å². The molecule has 0 saturated carbocycles. The van der Waals surface area contributed by atoms with Crippen molar-refractivity contribution in [2.75, 3.05) is 13.1 Å². The third-order valence-electron chi connectivity index (χ3n) is 5.20. The first-order valence-electron chi connectivity index (χ1n) is 8.62. The van der Waals surface area contributed by atoms with E-state index in [-0.39, 0.29) is 6.04 Å². The zero-order valence-corrected chi connectivity index (χ0v) is 14.5. The molecule has 2 heterocycles. The number of nitrogens with zero attached hydrogens (tertiary/aromatic N) is 4. The summed E-state index contributed by atoms with van der Waals surface area (Å²) in [6.45, 7) is 1.06. The normalized spacial score (nSPS) is 20.0. The number of fused-ring (bicyclic) bond motifs is 1. The van der Waals surface area contributed by atoms with E-state index in [1.54, 1.807) is 16.6 Å². The van der Waals surface area contributed by atoms with Gasteiger partial charge in [0.1, 0.15) is 0 Å². The molecule has 4 rings (SSSR count). The highest BCUT2D eigenvalue weighted by atomic mass is 32.2. The molecule has 0 unspecified atom stereocenters. The summed E-state index contributed by atoms with van der Waals surface area (Å²) < 4.78 is 29.4. The van der Waals surface area contributed by atoms with Crippen LogP contribution in [0.25, 0.3) is 0 Å². The van der Waals surface area contributed by atoms with E-state index in [4.69, 9.17) is 0 Å². The molecule has 24 heavy (non-hydrogen) atoms. The van der Waals surface area contributed by atoms with Crippen LogP contribution in [0.2, 0.25) is 0 Å². The fourth-order valence-electron chi connectivity index (χ4n) is 3.78. The zero-order valence-electron chi connectivity index (χ0n) is 13.6. The molecule has 1 aliphatic heterocycles. The van der Waals surface area contributed by atoms with E-state index in [2.05, 4.69) is 10.3 Å². The molecule has 0 atom stereocenters. The summed E-state index contributed by atoms with van der Waals surface area (Å²) in [5, 5.41) is 7.87. The third-order valence-corrected chi connectivity index (χ3v) is 7.09. The summed E-state index contributed by atoms with van der Waals surface area (Å²) in [6.07, 6.45) is 9.47. The molecule has 0 bridgehead atoms. The molecule has 7 heteroatoms. The van der Waals surface area contributed by atoms with Gasteiger partial charge in [-0.15, -0.1) is 5.10 Å². The number of piperidine rings is 1. The van der Waals surface area contributed by atoms with Crippen molar-refractivity contribution in [2.24, 2.45) is 0 Å². The largest absolute Gasteiger partial charge is 0.249 e. The summed E-state index contributed by atoms with van der Waals surface area (Å²) in [6, 6.07) is 5.92. The van der Waals surface area contributed by atoms with Crippen LogP contribution in [0.3, 0.4) is 0 Å². The molecule has 6 nitrogen and oxygen atoms in total. The van der Waals surface area contributed by atoms with Gasteiger partial charge in [-0.3, -0.25) is 0 Å². The number of aromatic nitrogens is 3. The maximum Gasteiger partial charge on any atom is 0.243 e. The van der Waals surface area contributed by atoms with Crippen molar-refractivity contribution in [1.82, 2.24) is 19.3 Å². The van der Waals surface area contributed by atoms with E-state index >= 15 is 0 Å². The standard InChI is InChI=1S/C17H22N4O2S/c22-24(23,17-6-5-14-3-1-2-4-15(14)13-17)20-10-7-16(8-11-20)21-12-9-18-19-21/h5-6,9,12-13,16H,1-4,7-8,10-11H2. The molecular weight excluding hydrogens is 324 g/mol. The van der Waals surface area contributed by atoms with E-state index in [0.717, 1.165) is 32.1 Å². The Labute approximate surface area is 142 Å². The predicted octanol–water partition coefficient (Wildman–Crippen LogP) is 2.18. The van der Waals surface area contributed by atoms with Crippen LogP contribution in [0, 0.1) is 0 Å². The zero-order chi connectivity index (χ0) is 16.6. The van der Waals surface area contributed by atoms with E-state index < -0.39 is 10.0 Å². The summed E-state index contributed by atoms with van der Waals surface area (Å²) >= 11 is 0. The Hall–Kier alpha value is -1.73. The Balaban J connectivity index is 1.51. The Morgan fingerprint density at radius 2 is 1.79 bits per heavy atom. The first-order valence-corrected chi connectivity index (χ1v) is 10.1. The monoisotopic (exact) mass is 346 g/mol. The first kappa shape index (κ1) is 15.8. The van der Waals surface area contributed by atoms with Crippen molar-refractivity contribution in [3.63, 3.8) is 0 Å². The van der Waals surface area contributed by atoms with Crippen molar-refractivity contribution in [1.29, 1.82) is 0 Å². The number of rotatable bonds is 3. The number of sulfonamides is 1. The summed E-state index contributed by atoms with van der Waals surface area (Å²) in [4.78, 5) is 0.447. The lowest BCUT2D eigenvalue weighted by Crippen LogP contribution is -2.39. The lowest BCUT2D eigenvalue weighted by Gasteiger charge is -2.31. The van der Waals surface area contributed by atoms with Crippen LogP contribution in [-0.4, -0.2) is 40.8 Å². The molecule has 128 valence electrons. The van der Waals surface area contributed by atoms with E-state index in [1.165, 1.54) is 17.5 Å². The van der Waals surface area contributed by atoms with E-state index in [1.807, 2.05) is 23.0 Å². The van der Waals surface area contributed by atoms with Crippen LogP contribution < -0.4 is 0 Å². The average molecular weight is 346 g/mol. The molecule has 0 amide bonds. The second-order valence-corrected chi connectivity index (χ2v) is 8.59. The summed E-state index contributed by atoms with van der Waals surface area (Å²) in [5.41, 5.74) is 2.52. The second-order valence-electron chi connectivity index (χ2n) is 6.66. The Kier molecular flexibility index (Phi) is 4.14. The van der Waals surface area contributed by atoms with Crippen LogP contribution >= 0.6 is 0 Å². The maximum absolute atomic E-state index is 13.0. The van der Waals surface area contributed by atoms with Crippen LogP contribution in [-0.2, 0) is 22.9 Å². The van der Waals surface area contributed by atoms with Gasteiger partial charge >= 0.3 is 0 Å². The van der Waals surface area contributed by atoms with Crippen LogP contribution in [0.4, 0.5) is 0 Å². The highest BCUT2D eigenvalue weighted by molar-refractivity contribution is 7.89. The average Bonchev–Trinajstić information content (AvgIpc) is 3.16. The maximum atomic E-state index is 13.0. The Bertz CT molecular complexity index is 809. The Morgan fingerprint density at radius 3 is 2.50 bits per heavy atom. The van der Waals surface area contributed by atoms with Crippen molar-refractivity contribution in [3.8, 4) is 0 Å². The van der Waals surface area contributed by atoms with Crippen molar-refractivity contribution in [3.05, 3.63) is 41.7 Å². The summed E-state index contributed by atoms with van der Waals surface area (Å²) in [5.74, 6) is 0. The van der Waals surface area contributed by atoms with Crippen LogP contribution in [0.5, 0.6) is 0 Å². The van der Waals surface area contributed by atoms with Gasteiger partial charge in [0.2, 0.25) is 10.0 Å². The number of hydrogen-bond donors (Lipinski definition) is 0.